The van der Waals surface area contributed by atoms with Crippen molar-refractivity contribution in [2.75, 3.05) is 30.5 Å². The van der Waals surface area contributed by atoms with Gasteiger partial charge in [0, 0.05) is 35.9 Å². The Kier molecular flexibility index (Phi) is 4.55. The Balaban J connectivity index is 2.53. The summed E-state index contributed by atoms with van der Waals surface area (Å²) >= 11 is 0. The second-order valence-corrected chi connectivity index (χ2v) is 5.20. The van der Waals surface area contributed by atoms with Crippen LogP contribution in [-0.4, -0.2) is 34.3 Å². The number of hydrogen-bond donors (Lipinski definition) is 2. The van der Waals surface area contributed by atoms with Gasteiger partial charge in [0.25, 0.3) is 0 Å². The van der Waals surface area contributed by atoms with Crippen molar-refractivity contribution < 1.29 is 4.21 Å². The molecule has 0 aromatic carbocycles. The van der Waals surface area contributed by atoms with Crippen LogP contribution < -0.4 is 10.6 Å². The summed E-state index contributed by atoms with van der Waals surface area (Å²) in [5.41, 5.74) is 1.91. The van der Waals surface area contributed by atoms with Gasteiger partial charge in [0.2, 0.25) is 0 Å². The van der Waals surface area contributed by atoms with Gasteiger partial charge in [-0.2, -0.15) is 0 Å². The fourth-order valence-electron chi connectivity index (χ4n) is 1.05. The number of rotatable bonds is 5. The molecular weight excluding hydrogens is 210 g/mol. The first-order chi connectivity index (χ1) is 7.13. The zero-order chi connectivity index (χ0) is 11.3. The minimum absolute atomic E-state index is 0.142. The Morgan fingerprint density at radius 2 is 2.13 bits per heavy atom. The molecule has 0 radical (unpaired) electrons. The topological polar surface area (TPSA) is 54.0 Å². The van der Waals surface area contributed by atoms with Crippen LogP contribution in [-0.2, 0) is 10.8 Å². The lowest BCUT2D eigenvalue weighted by molar-refractivity contribution is 0.679. The number of pyridine rings is 1. The molecule has 84 valence electrons. The average molecular weight is 227 g/mol. The minimum Gasteiger partial charge on any atom is -0.387 e. The van der Waals surface area contributed by atoms with E-state index in [9.17, 15) is 4.21 Å². The SMILES string of the molecule is CNc1cncc(NCC(C)S(C)=O)c1. The van der Waals surface area contributed by atoms with E-state index < -0.39 is 10.8 Å². The maximum atomic E-state index is 11.1. The molecule has 0 aliphatic rings. The lowest BCUT2D eigenvalue weighted by atomic mass is 10.3. The van der Waals surface area contributed by atoms with E-state index in [1.807, 2.05) is 20.0 Å². The number of anilines is 2. The lowest BCUT2D eigenvalue weighted by Crippen LogP contribution is -2.20. The number of nitrogens with one attached hydrogen (secondary N) is 2. The molecule has 1 rings (SSSR count). The maximum Gasteiger partial charge on any atom is 0.0547 e. The highest BCUT2D eigenvalue weighted by Crippen LogP contribution is 2.12. The van der Waals surface area contributed by atoms with Gasteiger partial charge < -0.3 is 10.6 Å². The Morgan fingerprint density at radius 1 is 1.47 bits per heavy atom. The molecule has 2 atom stereocenters. The Morgan fingerprint density at radius 3 is 2.73 bits per heavy atom. The quantitative estimate of drug-likeness (QED) is 0.796. The summed E-state index contributed by atoms with van der Waals surface area (Å²) in [5.74, 6) is 0. The van der Waals surface area contributed by atoms with Gasteiger partial charge in [-0.25, -0.2) is 0 Å². The third-order valence-corrected chi connectivity index (χ3v) is 3.49. The summed E-state index contributed by atoms with van der Waals surface area (Å²) in [6.45, 7) is 2.65. The minimum atomic E-state index is -0.790. The molecule has 0 spiro atoms. The fraction of sp³-hybridized carbons (Fsp3) is 0.500. The highest BCUT2D eigenvalue weighted by atomic mass is 32.2. The first kappa shape index (κ1) is 12.0. The monoisotopic (exact) mass is 227 g/mol. The number of aromatic nitrogens is 1. The molecular formula is C10H17N3OS. The van der Waals surface area contributed by atoms with E-state index >= 15 is 0 Å². The van der Waals surface area contributed by atoms with Crippen LogP contribution in [0.2, 0.25) is 0 Å². The largest absolute Gasteiger partial charge is 0.387 e. The smallest absolute Gasteiger partial charge is 0.0547 e. The second-order valence-electron chi connectivity index (χ2n) is 3.40. The summed E-state index contributed by atoms with van der Waals surface area (Å²) in [6.07, 6.45) is 5.23. The van der Waals surface area contributed by atoms with Crippen molar-refractivity contribution in [2.24, 2.45) is 0 Å². The van der Waals surface area contributed by atoms with Gasteiger partial charge in [0.15, 0.2) is 0 Å². The van der Waals surface area contributed by atoms with E-state index in [0.717, 1.165) is 11.4 Å². The van der Waals surface area contributed by atoms with Crippen molar-refractivity contribution in [3.05, 3.63) is 18.5 Å². The lowest BCUT2D eigenvalue weighted by Gasteiger charge is -2.11. The van der Waals surface area contributed by atoms with Gasteiger partial charge in [0.1, 0.15) is 0 Å². The zero-order valence-electron chi connectivity index (χ0n) is 9.28. The van der Waals surface area contributed by atoms with Crippen LogP contribution in [0.1, 0.15) is 6.92 Å². The molecule has 0 fully saturated rings. The highest BCUT2D eigenvalue weighted by Gasteiger charge is 2.05. The first-order valence-corrected chi connectivity index (χ1v) is 6.44. The molecule has 0 saturated carbocycles. The van der Waals surface area contributed by atoms with Gasteiger partial charge in [0.05, 0.1) is 23.8 Å². The van der Waals surface area contributed by atoms with E-state index in [-0.39, 0.29) is 5.25 Å². The summed E-state index contributed by atoms with van der Waals surface area (Å²) < 4.78 is 11.1. The van der Waals surface area contributed by atoms with Crippen molar-refractivity contribution in [3.8, 4) is 0 Å². The van der Waals surface area contributed by atoms with Crippen molar-refractivity contribution >= 4 is 22.2 Å². The van der Waals surface area contributed by atoms with Crippen LogP contribution in [0.3, 0.4) is 0 Å². The van der Waals surface area contributed by atoms with Crippen molar-refractivity contribution in [1.82, 2.24) is 4.98 Å². The van der Waals surface area contributed by atoms with E-state index in [4.69, 9.17) is 0 Å². The van der Waals surface area contributed by atoms with E-state index in [1.54, 1.807) is 18.6 Å². The van der Waals surface area contributed by atoms with Crippen LogP contribution in [0.15, 0.2) is 18.5 Å². The Hall–Kier alpha value is -1.10. The van der Waals surface area contributed by atoms with Crippen molar-refractivity contribution in [1.29, 1.82) is 0 Å². The summed E-state index contributed by atoms with van der Waals surface area (Å²) in [7, 11) is 1.06. The van der Waals surface area contributed by atoms with Gasteiger partial charge >= 0.3 is 0 Å². The number of hydrogen-bond acceptors (Lipinski definition) is 4. The van der Waals surface area contributed by atoms with E-state index in [1.165, 1.54) is 0 Å². The van der Waals surface area contributed by atoms with Gasteiger partial charge in [-0.3, -0.25) is 9.19 Å². The predicted molar refractivity (Wildman–Crippen MR) is 65.8 cm³/mol. The van der Waals surface area contributed by atoms with Crippen LogP contribution in [0.25, 0.3) is 0 Å². The molecule has 5 heteroatoms. The molecule has 1 aromatic rings. The van der Waals surface area contributed by atoms with Gasteiger partial charge in [-0.05, 0) is 13.0 Å². The summed E-state index contributed by atoms with van der Waals surface area (Å²) in [4.78, 5) is 4.08. The molecule has 4 nitrogen and oxygen atoms in total. The van der Waals surface area contributed by atoms with Gasteiger partial charge in [-0.15, -0.1) is 0 Å². The molecule has 2 N–H and O–H groups in total. The summed E-state index contributed by atoms with van der Waals surface area (Å²) in [6, 6.07) is 1.97. The van der Waals surface area contributed by atoms with Crippen LogP contribution in [0.4, 0.5) is 11.4 Å². The first-order valence-electron chi connectivity index (χ1n) is 4.82. The second kappa shape index (κ2) is 5.70. The standard InChI is InChI=1S/C10H17N3OS/c1-8(15(3)14)5-13-10-4-9(11-2)6-12-7-10/h4,6-8,11,13H,5H2,1-3H3. The van der Waals surface area contributed by atoms with Crippen molar-refractivity contribution in [2.45, 2.75) is 12.2 Å². The molecule has 0 aliphatic heterocycles. The summed E-state index contributed by atoms with van der Waals surface area (Å²) in [5, 5.41) is 6.36. The van der Waals surface area contributed by atoms with Gasteiger partial charge in [-0.1, -0.05) is 0 Å². The van der Waals surface area contributed by atoms with E-state index in [0.29, 0.717) is 6.54 Å². The third-order valence-electron chi connectivity index (χ3n) is 2.19. The maximum absolute atomic E-state index is 11.1. The van der Waals surface area contributed by atoms with Crippen LogP contribution >= 0.6 is 0 Å². The molecule has 1 aromatic heterocycles. The molecule has 0 saturated heterocycles. The molecule has 15 heavy (non-hydrogen) atoms. The molecule has 2 unspecified atom stereocenters. The van der Waals surface area contributed by atoms with Crippen molar-refractivity contribution in [3.63, 3.8) is 0 Å². The van der Waals surface area contributed by atoms with Crippen LogP contribution in [0, 0.1) is 0 Å². The number of nitrogens with zero attached hydrogens (tertiary/aromatic N) is 1. The average Bonchev–Trinajstić information content (AvgIpc) is 2.26. The van der Waals surface area contributed by atoms with Crippen LogP contribution in [0.5, 0.6) is 0 Å². The third kappa shape index (κ3) is 3.87. The normalized spacial score (nSPS) is 14.3. The Bertz CT molecular complexity index is 343. The molecule has 0 aliphatic carbocycles. The Labute approximate surface area is 92.9 Å². The molecule has 0 amide bonds. The highest BCUT2D eigenvalue weighted by molar-refractivity contribution is 7.84. The predicted octanol–water partition coefficient (Wildman–Crippen LogP) is 1.30. The van der Waals surface area contributed by atoms with E-state index in [2.05, 4.69) is 15.6 Å². The molecule has 0 bridgehead atoms. The fourth-order valence-corrected chi connectivity index (χ4v) is 1.37. The zero-order valence-corrected chi connectivity index (χ0v) is 10.1. The molecule has 1 heterocycles.